The SMILES string of the molecule is NC[C@@H](N)c1ccccc1F. The maximum atomic E-state index is 12.9. The van der Waals surface area contributed by atoms with Crippen LogP contribution in [0.1, 0.15) is 11.6 Å². The highest BCUT2D eigenvalue weighted by molar-refractivity contribution is 5.20. The van der Waals surface area contributed by atoms with Crippen molar-refractivity contribution >= 4 is 0 Å². The number of nitrogens with two attached hydrogens (primary N) is 2. The van der Waals surface area contributed by atoms with Gasteiger partial charge in [0.25, 0.3) is 0 Å². The van der Waals surface area contributed by atoms with Crippen LogP contribution in [0.3, 0.4) is 0 Å². The number of halogens is 1. The fourth-order valence-electron chi connectivity index (χ4n) is 0.903. The monoisotopic (exact) mass is 154 g/mol. The minimum absolute atomic E-state index is 0.265. The van der Waals surface area contributed by atoms with E-state index < -0.39 is 6.04 Å². The molecule has 0 aromatic heterocycles. The van der Waals surface area contributed by atoms with E-state index in [1.165, 1.54) is 6.07 Å². The molecule has 2 nitrogen and oxygen atoms in total. The van der Waals surface area contributed by atoms with Crippen LogP contribution in [0.15, 0.2) is 24.3 Å². The van der Waals surface area contributed by atoms with Crippen molar-refractivity contribution in [1.29, 1.82) is 0 Å². The van der Waals surface area contributed by atoms with Gasteiger partial charge in [0.1, 0.15) is 5.82 Å². The summed E-state index contributed by atoms with van der Waals surface area (Å²) >= 11 is 0. The van der Waals surface area contributed by atoms with E-state index in [2.05, 4.69) is 0 Å². The molecular weight excluding hydrogens is 143 g/mol. The van der Waals surface area contributed by atoms with Crippen molar-refractivity contribution in [3.05, 3.63) is 35.6 Å². The van der Waals surface area contributed by atoms with Crippen LogP contribution in [0.5, 0.6) is 0 Å². The van der Waals surface area contributed by atoms with Crippen molar-refractivity contribution in [3.8, 4) is 0 Å². The van der Waals surface area contributed by atoms with Crippen LogP contribution >= 0.6 is 0 Å². The van der Waals surface area contributed by atoms with Crippen molar-refractivity contribution in [2.24, 2.45) is 11.5 Å². The average molecular weight is 154 g/mol. The summed E-state index contributed by atoms with van der Waals surface area (Å²) in [6.07, 6.45) is 0. The topological polar surface area (TPSA) is 52.0 Å². The Kier molecular flexibility index (Phi) is 2.57. The molecule has 0 saturated heterocycles. The molecule has 0 spiro atoms. The zero-order valence-corrected chi connectivity index (χ0v) is 6.13. The molecule has 0 aliphatic carbocycles. The molecule has 0 saturated carbocycles. The minimum Gasteiger partial charge on any atom is -0.329 e. The van der Waals surface area contributed by atoms with Gasteiger partial charge in [0.15, 0.2) is 0 Å². The highest BCUT2D eigenvalue weighted by atomic mass is 19.1. The zero-order valence-electron chi connectivity index (χ0n) is 6.13. The molecule has 1 atom stereocenters. The van der Waals surface area contributed by atoms with Crippen molar-refractivity contribution in [2.45, 2.75) is 6.04 Å². The molecule has 0 amide bonds. The molecule has 0 aliphatic rings. The molecule has 60 valence electrons. The summed E-state index contributed by atoms with van der Waals surface area (Å²) in [5, 5.41) is 0. The predicted octanol–water partition coefficient (Wildman–Crippen LogP) is 0.784. The van der Waals surface area contributed by atoms with Gasteiger partial charge < -0.3 is 11.5 Å². The predicted molar refractivity (Wildman–Crippen MR) is 42.4 cm³/mol. The van der Waals surface area contributed by atoms with E-state index >= 15 is 0 Å². The Labute approximate surface area is 65.0 Å². The van der Waals surface area contributed by atoms with Gasteiger partial charge >= 0.3 is 0 Å². The van der Waals surface area contributed by atoms with E-state index in [0.717, 1.165) is 0 Å². The van der Waals surface area contributed by atoms with Gasteiger partial charge in [-0.3, -0.25) is 0 Å². The van der Waals surface area contributed by atoms with Crippen LogP contribution in [-0.2, 0) is 0 Å². The lowest BCUT2D eigenvalue weighted by atomic mass is 10.1. The minimum atomic E-state index is -0.392. The Balaban J connectivity index is 2.93. The molecule has 11 heavy (non-hydrogen) atoms. The highest BCUT2D eigenvalue weighted by Gasteiger charge is 2.07. The third-order valence-electron chi connectivity index (χ3n) is 1.56. The van der Waals surface area contributed by atoms with E-state index in [-0.39, 0.29) is 12.4 Å². The Morgan fingerprint density at radius 3 is 2.55 bits per heavy atom. The summed E-state index contributed by atoms with van der Waals surface area (Å²) in [5.41, 5.74) is 11.3. The highest BCUT2D eigenvalue weighted by Crippen LogP contribution is 2.12. The first kappa shape index (κ1) is 8.17. The molecule has 0 radical (unpaired) electrons. The zero-order chi connectivity index (χ0) is 8.27. The number of hydrogen-bond acceptors (Lipinski definition) is 2. The molecule has 4 N–H and O–H groups in total. The number of benzene rings is 1. The first-order valence-corrected chi connectivity index (χ1v) is 3.45. The fraction of sp³-hybridized carbons (Fsp3) is 0.250. The summed E-state index contributed by atoms with van der Waals surface area (Å²) in [6, 6.07) is 6.00. The fourth-order valence-corrected chi connectivity index (χ4v) is 0.903. The summed E-state index contributed by atoms with van der Waals surface area (Å²) in [4.78, 5) is 0. The molecular formula is C8H11FN2. The normalized spacial score (nSPS) is 13.0. The van der Waals surface area contributed by atoms with Crippen LogP contribution in [-0.4, -0.2) is 6.54 Å². The lowest BCUT2D eigenvalue weighted by Gasteiger charge is -2.08. The molecule has 1 rings (SSSR count). The molecule has 3 heteroatoms. The van der Waals surface area contributed by atoms with Gasteiger partial charge in [-0.05, 0) is 6.07 Å². The van der Waals surface area contributed by atoms with Gasteiger partial charge in [-0.25, -0.2) is 4.39 Å². The van der Waals surface area contributed by atoms with E-state index in [1.807, 2.05) is 0 Å². The third-order valence-corrected chi connectivity index (χ3v) is 1.56. The van der Waals surface area contributed by atoms with Gasteiger partial charge in [-0.15, -0.1) is 0 Å². The molecule has 0 heterocycles. The first-order chi connectivity index (χ1) is 5.25. The standard InChI is InChI=1S/C8H11FN2/c9-7-4-2-1-3-6(7)8(11)5-10/h1-4,8H,5,10-11H2/t8-/m1/s1. The van der Waals surface area contributed by atoms with Crippen LogP contribution in [0.4, 0.5) is 4.39 Å². The Bertz CT molecular complexity index is 237. The van der Waals surface area contributed by atoms with Gasteiger partial charge in [-0.1, -0.05) is 18.2 Å². The van der Waals surface area contributed by atoms with Crippen molar-refractivity contribution in [3.63, 3.8) is 0 Å². The van der Waals surface area contributed by atoms with Crippen molar-refractivity contribution in [1.82, 2.24) is 0 Å². The van der Waals surface area contributed by atoms with Crippen LogP contribution in [0.25, 0.3) is 0 Å². The molecule has 0 bridgehead atoms. The smallest absolute Gasteiger partial charge is 0.128 e. The summed E-state index contributed by atoms with van der Waals surface area (Å²) in [6.45, 7) is 0.265. The largest absolute Gasteiger partial charge is 0.329 e. The van der Waals surface area contributed by atoms with Gasteiger partial charge in [0.2, 0.25) is 0 Å². The molecule has 1 aromatic carbocycles. The summed E-state index contributed by atoms with van der Waals surface area (Å²) in [7, 11) is 0. The van der Waals surface area contributed by atoms with E-state index in [9.17, 15) is 4.39 Å². The van der Waals surface area contributed by atoms with Gasteiger partial charge in [0.05, 0.1) is 0 Å². The maximum absolute atomic E-state index is 12.9. The van der Waals surface area contributed by atoms with Gasteiger partial charge in [-0.2, -0.15) is 0 Å². The molecule has 0 fully saturated rings. The van der Waals surface area contributed by atoms with Crippen LogP contribution < -0.4 is 11.5 Å². The lowest BCUT2D eigenvalue weighted by molar-refractivity contribution is 0.584. The van der Waals surface area contributed by atoms with Gasteiger partial charge in [0, 0.05) is 18.2 Å². The van der Waals surface area contributed by atoms with E-state index in [4.69, 9.17) is 11.5 Å². The number of rotatable bonds is 2. The summed E-state index contributed by atoms with van der Waals surface area (Å²) in [5.74, 6) is -0.287. The second-order valence-electron chi connectivity index (χ2n) is 2.36. The van der Waals surface area contributed by atoms with Crippen LogP contribution in [0.2, 0.25) is 0 Å². The molecule has 0 unspecified atom stereocenters. The quantitative estimate of drug-likeness (QED) is 0.661. The Hall–Kier alpha value is -0.930. The average Bonchev–Trinajstić information content (AvgIpc) is 2.04. The number of hydrogen-bond donors (Lipinski definition) is 2. The second-order valence-corrected chi connectivity index (χ2v) is 2.36. The Morgan fingerprint density at radius 2 is 2.00 bits per heavy atom. The summed E-state index contributed by atoms with van der Waals surface area (Å²) < 4.78 is 12.9. The lowest BCUT2D eigenvalue weighted by Crippen LogP contribution is -2.21. The van der Waals surface area contributed by atoms with Crippen LogP contribution in [0, 0.1) is 5.82 Å². The Morgan fingerprint density at radius 1 is 1.36 bits per heavy atom. The van der Waals surface area contributed by atoms with E-state index in [1.54, 1.807) is 18.2 Å². The molecule has 1 aromatic rings. The molecule has 0 aliphatic heterocycles. The first-order valence-electron chi connectivity index (χ1n) is 3.45. The maximum Gasteiger partial charge on any atom is 0.128 e. The van der Waals surface area contributed by atoms with Crippen molar-refractivity contribution < 1.29 is 4.39 Å². The van der Waals surface area contributed by atoms with Crippen molar-refractivity contribution in [2.75, 3.05) is 6.54 Å². The van der Waals surface area contributed by atoms with E-state index in [0.29, 0.717) is 5.56 Å². The third kappa shape index (κ3) is 1.76. The second kappa shape index (κ2) is 3.46.